The minimum Gasteiger partial charge on any atom is -0.398 e. The molecule has 0 saturated carbocycles. The fourth-order valence-electron chi connectivity index (χ4n) is 1.61. The predicted molar refractivity (Wildman–Crippen MR) is 66.7 cm³/mol. The van der Waals surface area contributed by atoms with Crippen LogP contribution in [0.25, 0.3) is 11.1 Å². The monoisotopic (exact) mass is 231 g/mol. The number of halogens is 1. The molecule has 2 nitrogen and oxygen atoms in total. The first-order valence-corrected chi connectivity index (χ1v) is 5.20. The first kappa shape index (κ1) is 10.7. The number of nitrogen functional groups attached to an aromatic ring is 1. The molecule has 0 atom stereocenters. The standard InChI is InChI=1S/C13H10ClNO/c14-10-6-5-9(8-16)12(7-10)11-3-1-2-4-13(11)15/h1-8H,15H2. The van der Waals surface area contributed by atoms with Gasteiger partial charge in [-0.1, -0.05) is 29.8 Å². The van der Waals surface area contributed by atoms with Gasteiger partial charge in [0.1, 0.15) is 0 Å². The Hall–Kier alpha value is -1.80. The van der Waals surface area contributed by atoms with E-state index < -0.39 is 0 Å². The second kappa shape index (κ2) is 4.37. The molecule has 0 amide bonds. The summed E-state index contributed by atoms with van der Waals surface area (Å²) < 4.78 is 0. The number of carbonyl (C=O) groups excluding carboxylic acids is 1. The van der Waals surface area contributed by atoms with Gasteiger partial charge in [0.25, 0.3) is 0 Å². The van der Waals surface area contributed by atoms with Crippen molar-refractivity contribution in [2.45, 2.75) is 0 Å². The molecule has 0 aromatic heterocycles. The quantitative estimate of drug-likeness (QED) is 0.636. The SMILES string of the molecule is Nc1ccccc1-c1cc(Cl)ccc1C=O. The van der Waals surface area contributed by atoms with E-state index in [4.69, 9.17) is 17.3 Å². The van der Waals surface area contributed by atoms with Crippen LogP contribution >= 0.6 is 11.6 Å². The molecular formula is C13H10ClNO. The van der Waals surface area contributed by atoms with Crippen molar-refractivity contribution in [2.75, 3.05) is 5.73 Å². The molecule has 2 aromatic carbocycles. The lowest BCUT2D eigenvalue weighted by Crippen LogP contribution is -1.93. The molecule has 0 radical (unpaired) electrons. The molecule has 3 heteroatoms. The maximum absolute atomic E-state index is 10.9. The number of carbonyl (C=O) groups is 1. The van der Waals surface area contributed by atoms with Crippen LogP contribution in [0.4, 0.5) is 5.69 Å². The van der Waals surface area contributed by atoms with E-state index in [9.17, 15) is 4.79 Å². The van der Waals surface area contributed by atoms with Gasteiger partial charge in [-0.05, 0) is 29.8 Å². The Bertz CT molecular complexity index is 537. The number of benzene rings is 2. The zero-order valence-corrected chi connectivity index (χ0v) is 9.24. The Labute approximate surface area is 98.7 Å². The van der Waals surface area contributed by atoms with Crippen LogP contribution in [0.2, 0.25) is 5.02 Å². The molecule has 2 rings (SSSR count). The van der Waals surface area contributed by atoms with Gasteiger partial charge in [0.2, 0.25) is 0 Å². The predicted octanol–water partition coefficient (Wildman–Crippen LogP) is 3.40. The maximum atomic E-state index is 10.9. The molecule has 0 aliphatic rings. The largest absolute Gasteiger partial charge is 0.398 e. The molecule has 0 aliphatic heterocycles. The number of nitrogens with two attached hydrogens (primary N) is 1. The third-order valence-corrected chi connectivity index (χ3v) is 2.63. The third-order valence-electron chi connectivity index (χ3n) is 2.39. The maximum Gasteiger partial charge on any atom is 0.150 e. The van der Waals surface area contributed by atoms with Gasteiger partial charge in [0, 0.05) is 21.8 Å². The molecule has 80 valence electrons. The van der Waals surface area contributed by atoms with E-state index in [0.29, 0.717) is 16.3 Å². The molecule has 0 bridgehead atoms. The van der Waals surface area contributed by atoms with Gasteiger partial charge in [-0.15, -0.1) is 0 Å². The molecule has 0 unspecified atom stereocenters. The highest BCUT2D eigenvalue weighted by Gasteiger charge is 2.07. The number of hydrogen-bond acceptors (Lipinski definition) is 2. The second-order valence-electron chi connectivity index (χ2n) is 3.44. The van der Waals surface area contributed by atoms with Crippen LogP contribution in [-0.2, 0) is 0 Å². The number of anilines is 1. The average Bonchev–Trinajstić information content (AvgIpc) is 2.29. The molecular weight excluding hydrogens is 222 g/mol. The van der Waals surface area contributed by atoms with Crippen LogP contribution < -0.4 is 5.73 Å². The van der Waals surface area contributed by atoms with Crippen molar-refractivity contribution in [1.82, 2.24) is 0 Å². The molecule has 16 heavy (non-hydrogen) atoms. The summed E-state index contributed by atoms with van der Waals surface area (Å²) in [4.78, 5) is 10.9. The highest BCUT2D eigenvalue weighted by molar-refractivity contribution is 6.31. The van der Waals surface area contributed by atoms with Crippen molar-refractivity contribution in [3.8, 4) is 11.1 Å². The van der Waals surface area contributed by atoms with E-state index in [1.54, 1.807) is 24.3 Å². The number of para-hydroxylation sites is 1. The second-order valence-corrected chi connectivity index (χ2v) is 3.87. The van der Waals surface area contributed by atoms with Crippen molar-refractivity contribution in [2.24, 2.45) is 0 Å². The van der Waals surface area contributed by atoms with Crippen LogP contribution in [0.1, 0.15) is 10.4 Å². The molecule has 0 spiro atoms. The Balaban J connectivity index is 2.67. The van der Waals surface area contributed by atoms with Crippen molar-refractivity contribution in [1.29, 1.82) is 0 Å². The number of rotatable bonds is 2. The first-order chi connectivity index (χ1) is 7.72. The van der Waals surface area contributed by atoms with Gasteiger partial charge in [-0.3, -0.25) is 4.79 Å². The normalized spacial score (nSPS) is 10.1. The summed E-state index contributed by atoms with van der Waals surface area (Å²) in [6.45, 7) is 0. The van der Waals surface area contributed by atoms with Crippen LogP contribution in [0.3, 0.4) is 0 Å². The summed E-state index contributed by atoms with van der Waals surface area (Å²) >= 11 is 5.92. The minimum atomic E-state index is 0.585. The van der Waals surface area contributed by atoms with Crippen LogP contribution in [0.5, 0.6) is 0 Å². The lowest BCUT2D eigenvalue weighted by molar-refractivity contribution is 0.112. The Morgan fingerprint density at radius 2 is 1.81 bits per heavy atom. The Kier molecular flexibility index (Phi) is 2.93. The molecule has 0 saturated heterocycles. The molecule has 2 N–H and O–H groups in total. The lowest BCUT2D eigenvalue weighted by Gasteiger charge is -2.08. The summed E-state index contributed by atoms with van der Waals surface area (Å²) in [5, 5.41) is 0.587. The summed E-state index contributed by atoms with van der Waals surface area (Å²) in [5.41, 5.74) is 8.68. The van der Waals surface area contributed by atoms with Gasteiger partial charge in [0.05, 0.1) is 0 Å². The first-order valence-electron chi connectivity index (χ1n) is 4.82. The van der Waals surface area contributed by atoms with Gasteiger partial charge in [-0.2, -0.15) is 0 Å². The van der Waals surface area contributed by atoms with Gasteiger partial charge in [0.15, 0.2) is 6.29 Å². The van der Waals surface area contributed by atoms with Gasteiger partial charge >= 0.3 is 0 Å². The number of hydrogen-bond donors (Lipinski definition) is 1. The summed E-state index contributed by atoms with van der Waals surface area (Å²) in [6, 6.07) is 12.5. The van der Waals surface area contributed by atoms with Crippen molar-refractivity contribution >= 4 is 23.6 Å². The van der Waals surface area contributed by atoms with Crippen molar-refractivity contribution < 1.29 is 4.79 Å². The summed E-state index contributed by atoms with van der Waals surface area (Å²) in [6.07, 6.45) is 0.804. The minimum absolute atomic E-state index is 0.585. The average molecular weight is 232 g/mol. The van der Waals surface area contributed by atoms with Gasteiger partial charge in [-0.25, -0.2) is 0 Å². The highest BCUT2D eigenvalue weighted by atomic mass is 35.5. The van der Waals surface area contributed by atoms with Crippen molar-refractivity contribution in [3.05, 3.63) is 53.1 Å². The smallest absolute Gasteiger partial charge is 0.150 e. The highest BCUT2D eigenvalue weighted by Crippen LogP contribution is 2.30. The van der Waals surface area contributed by atoms with E-state index in [1.165, 1.54) is 0 Å². The van der Waals surface area contributed by atoms with Crippen LogP contribution in [0, 0.1) is 0 Å². The zero-order chi connectivity index (χ0) is 11.5. The topological polar surface area (TPSA) is 43.1 Å². The lowest BCUT2D eigenvalue weighted by atomic mass is 9.99. The van der Waals surface area contributed by atoms with Crippen LogP contribution in [0.15, 0.2) is 42.5 Å². The summed E-state index contributed by atoms with van der Waals surface area (Å²) in [5.74, 6) is 0. The molecule has 0 aliphatic carbocycles. The summed E-state index contributed by atoms with van der Waals surface area (Å²) in [7, 11) is 0. The van der Waals surface area contributed by atoms with Crippen LogP contribution in [-0.4, -0.2) is 6.29 Å². The fourth-order valence-corrected chi connectivity index (χ4v) is 1.78. The van der Waals surface area contributed by atoms with E-state index in [0.717, 1.165) is 17.4 Å². The molecule has 0 heterocycles. The molecule has 0 fully saturated rings. The number of aldehydes is 1. The van der Waals surface area contributed by atoms with Crippen molar-refractivity contribution in [3.63, 3.8) is 0 Å². The van der Waals surface area contributed by atoms with E-state index >= 15 is 0 Å². The fraction of sp³-hybridized carbons (Fsp3) is 0. The van der Waals surface area contributed by atoms with E-state index in [-0.39, 0.29) is 0 Å². The van der Waals surface area contributed by atoms with E-state index in [2.05, 4.69) is 0 Å². The van der Waals surface area contributed by atoms with E-state index in [1.807, 2.05) is 18.2 Å². The zero-order valence-electron chi connectivity index (χ0n) is 8.48. The Morgan fingerprint density at radius 1 is 1.06 bits per heavy atom. The Morgan fingerprint density at radius 3 is 2.50 bits per heavy atom. The molecule has 2 aromatic rings. The third kappa shape index (κ3) is 1.92. The van der Waals surface area contributed by atoms with Gasteiger partial charge < -0.3 is 5.73 Å².